The average Bonchev–Trinajstić information content (AvgIpc) is 2.56. The molecule has 3 N–H and O–H groups in total. The average molecular weight is 185 g/mol. The number of hydrogen-bond acceptors (Lipinski definition) is 2. The van der Waals surface area contributed by atoms with Crippen molar-refractivity contribution in [3.8, 4) is 0 Å². The molecule has 0 aliphatic heterocycles. The third kappa shape index (κ3) is 3.35. The second-order valence-electron chi connectivity index (χ2n) is 4.00. The number of aliphatic carboxylic acids is 1. The van der Waals surface area contributed by atoms with Crippen molar-refractivity contribution in [3.05, 3.63) is 0 Å². The minimum absolute atomic E-state index is 0.201. The molecule has 1 saturated carbocycles. The Balaban J connectivity index is 2.32. The third-order valence-electron chi connectivity index (χ3n) is 2.96. The lowest BCUT2D eigenvalue weighted by atomic mass is 9.91. The van der Waals surface area contributed by atoms with Crippen LogP contribution in [-0.2, 0) is 4.79 Å². The van der Waals surface area contributed by atoms with Crippen molar-refractivity contribution < 1.29 is 9.90 Å². The minimum atomic E-state index is -0.669. The summed E-state index contributed by atoms with van der Waals surface area (Å²) in [7, 11) is 0. The van der Waals surface area contributed by atoms with Gasteiger partial charge in [-0.1, -0.05) is 25.7 Å². The minimum Gasteiger partial charge on any atom is -0.481 e. The van der Waals surface area contributed by atoms with Crippen LogP contribution in [-0.4, -0.2) is 17.6 Å². The molecule has 1 rings (SSSR count). The highest BCUT2D eigenvalue weighted by atomic mass is 16.4. The third-order valence-corrected chi connectivity index (χ3v) is 2.96. The van der Waals surface area contributed by atoms with Crippen molar-refractivity contribution >= 4 is 5.97 Å². The number of nitrogens with two attached hydrogens (primary N) is 1. The monoisotopic (exact) mass is 185 g/mol. The van der Waals surface area contributed by atoms with Crippen LogP contribution < -0.4 is 5.73 Å². The molecular formula is C10H19NO2. The zero-order valence-electron chi connectivity index (χ0n) is 8.04. The standard InChI is InChI=1S/C10H19NO2/c11-6-5-9(10(12)13)7-8-3-1-2-4-8/h8-9H,1-7,11H2,(H,12,13). The highest BCUT2D eigenvalue weighted by Gasteiger charge is 2.23. The second-order valence-corrected chi connectivity index (χ2v) is 4.00. The molecule has 1 fully saturated rings. The van der Waals surface area contributed by atoms with Crippen molar-refractivity contribution in [1.82, 2.24) is 0 Å². The molecule has 0 bridgehead atoms. The van der Waals surface area contributed by atoms with Crippen LogP contribution in [0.1, 0.15) is 38.5 Å². The molecule has 76 valence electrons. The fourth-order valence-corrected chi connectivity index (χ4v) is 2.19. The van der Waals surface area contributed by atoms with Crippen LogP contribution in [0, 0.1) is 11.8 Å². The van der Waals surface area contributed by atoms with Gasteiger partial charge in [-0.05, 0) is 25.3 Å². The van der Waals surface area contributed by atoms with Gasteiger partial charge < -0.3 is 10.8 Å². The summed E-state index contributed by atoms with van der Waals surface area (Å²) in [6.07, 6.45) is 6.46. The normalized spacial score (nSPS) is 20.4. The van der Waals surface area contributed by atoms with E-state index >= 15 is 0 Å². The van der Waals surface area contributed by atoms with Crippen molar-refractivity contribution in [2.75, 3.05) is 6.54 Å². The molecule has 0 saturated heterocycles. The van der Waals surface area contributed by atoms with Gasteiger partial charge in [0.2, 0.25) is 0 Å². The summed E-state index contributed by atoms with van der Waals surface area (Å²) in [6.45, 7) is 0.490. The Morgan fingerprint density at radius 1 is 1.46 bits per heavy atom. The van der Waals surface area contributed by atoms with Gasteiger partial charge in [-0.3, -0.25) is 4.79 Å². The fraction of sp³-hybridized carbons (Fsp3) is 0.900. The molecule has 0 radical (unpaired) electrons. The highest BCUT2D eigenvalue weighted by molar-refractivity contribution is 5.69. The first-order valence-electron chi connectivity index (χ1n) is 5.17. The largest absolute Gasteiger partial charge is 0.481 e. The number of rotatable bonds is 5. The molecule has 0 aromatic carbocycles. The molecule has 0 heterocycles. The molecule has 3 nitrogen and oxygen atoms in total. The molecule has 13 heavy (non-hydrogen) atoms. The number of carboxylic acid groups (broad SMARTS) is 1. The second kappa shape index (κ2) is 5.22. The topological polar surface area (TPSA) is 63.3 Å². The summed E-state index contributed by atoms with van der Waals surface area (Å²) in [5.41, 5.74) is 5.38. The SMILES string of the molecule is NCCC(CC1CCCC1)C(=O)O. The first kappa shape index (κ1) is 10.5. The summed E-state index contributed by atoms with van der Waals surface area (Å²) in [5.74, 6) is -0.224. The van der Waals surface area contributed by atoms with Gasteiger partial charge in [0.05, 0.1) is 5.92 Å². The van der Waals surface area contributed by atoms with Gasteiger partial charge in [0.1, 0.15) is 0 Å². The summed E-state index contributed by atoms with van der Waals surface area (Å²) in [4.78, 5) is 10.8. The quantitative estimate of drug-likeness (QED) is 0.684. The molecule has 0 amide bonds. The van der Waals surface area contributed by atoms with Gasteiger partial charge in [0.25, 0.3) is 0 Å². The van der Waals surface area contributed by atoms with Gasteiger partial charge in [0.15, 0.2) is 0 Å². The van der Waals surface area contributed by atoms with Gasteiger partial charge in [-0.2, -0.15) is 0 Å². The Labute approximate surface area is 79.3 Å². The molecule has 1 atom stereocenters. The Morgan fingerprint density at radius 3 is 2.54 bits per heavy atom. The van der Waals surface area contributed by atoms with Crippen LogP contribution in [0.2, 0.25) is 0 Å². The molecule has 1 aliphatic carbocycles. The van der Waals surface area contributed by atoms with E-state index in [1.54, 1.807) is 0 Å². The molecule has 0 aromatic rings. The predicted molar refractivity (Wildman–Crippen MR) is 51.4 cm³/mol. The van der Waals surface area contributed by atoms with Gasteiger partial charge in [-0.15, -0.1) is 0 Å². The van der Waals surface area contributed by atoms with E-state index in [2.05, 4.69) is 0 Å². The predicted octanol–water partition coefficient (Wildman–Crippen LogP) is 1.62. The van der Waals surface area contributed by atoms with Crippen LogP contribution in [0.15, 0.2) is 0 Å². The van der Waals surface area contributed by atoms with Crippen LogP contribution in [0.3, 0.4) is 0 Å². The lowest BCUT2D eigenvalue weighted by molar-refractivity contribution is -0.142. The first-order valence-corrected chi connectivity index (χ1v) is 5.17. The molecule has 1 unspecified atom stereocenters. The van der Waals surface area contributed by atoms with Crippen LogP contribution >= 0.6 is 0 Å². The van der Waals surface area contributed by atoms with E-state index in [4.69, 9.17) is 10.8 Å². The van der Waals surface area contributed by atoms with Crippen molar-refractivity contribution in [2.24, 2.45) is 17.6 Å². The molecule has 3 heteroatoms. The Hall–Kier alpha value is -0.570. The molecule has 0 spiro atoms. The van der Waals surface area contributed by atoms with E-state index in [9.17, 15) is 4.79 Å². The molecule has 1 aliphatic rings. The van der Waals surface area contributed by atoms with Gasteiger partial charge >= 0.3 is 5.97 Å². The van der Waals surface area contributed by atoms with E-state index in [1.165, 1.54) is 25.7 Å². The Bertz CT molecular complexity index is 164. The van der Waals surface area contributed by atoms with Crippen LogP contribution in [0.25, 0.3) is 0 Å². The van der Waals surface area contributed by atoms with Crippen molar-refractivity contribution in [3.63, 3.8) is 0 Å². The van der Waals surface area contributed by atoms with Crippen LogP contribution in [0.4, 0.5) is 0 Å². The first-order chi connectivity index (χ1) is 6.24. The van der Waals surface area contributed by atoms with Gasteiger partial charge in [0, 0.05) is 0 Å². The van der Waals surface area contributed by atoms with E-state index in [0.29, 0.717) is 18.9 Å². The lowest BCUT2D eigenvalue weighted by Crippen LogP contribution is -2.20. The molecule has 0 aromatic heterocycles. The van der Waals surface area contributed by atoms with E-state index in [1.807, 2.05) is 0 Å². The van der Waals surface area contributed by atoms with Crippen molar-refractivity contribution in [1.29, 1.82) is 0 Å². The summed E-state index contributed by atoms with van der Waals surface area (Å²) in [5, 5.41) is 8.91. The highest BCUT2D eigenvalue weighted by Crippen LogP contribution is 2.31. The number of hydrogen-bond donors (Lipinski definition) is 2. The zero-order chi connectivity index (χ0) is 9.68. The lowest BCUT2D eigenvalue weighted by Gasteiger charge is -2.15. The zero-order valence-corrected chi connectivity index (χ0v) is 8.04. The van der Waals surface area contributed by atoms with E-state index in [-0.39, 0.29) is 5.92 Å². The maximum absolute atomic E-state index is 10.8. The summed E-state index contributed by atoms with van der Waals surface area (Å²) >= 11 is 0. The number of carboxylic acids is 1. The molecular weight excluding hydrogens is 166 g/mol. The van der Waals surface area contributed by atoms with Crippen LogP contribution in [0.5, 0.6) is 0 Å². The summed E-state index contributed by atoms with van der Waals surface area (Å²) < 4.78 is 0. The Morgan fingerprint density at radius 2 is 2.08 bits per heavy atom. The van der Waals surface area contributed by atoms with Crippen molar-refractivity contribution in [2.45, 2.75) is 38.5 Å². The summed E-state index contributed by atoms with van der Waals surface area (Å²) in [6, 6.07) is 0. The Kier molecular flexibility index (Phi) is 4.22. The number of carbonyl (C=O) groups is 1. The maximum Gasteiger partial charge on any atom is 0.306 e. The van der Waals surface area contributed by atoms with E-state index in [0.717, 1.165) is 6.42 Å². The smallest absolute Gasteiger partial charge is 0.306 e. The van der Waals surface area contributed by atoms with Gasteiger partial charge in [-0.25, -0.2) is 0 Å². The van der Waals surface area contributed by atoms with E-state index < -0.39 is 5.97 Å². The fourth-order valence-electron chi connectivity index (χ4n) is 2.19. The maximum atomic E-state index is 10.8.